The van der Waals surface area contributed by atoms with Crippen LogP contribution in [0.4, 0.5) is 5.69 Å². The van der Waals surface area contributed by atoms with Crippen LogP contribution >= 0.6 is 11.8 Å². The first-order valence-corrected chi connectivity index (χ1v) is 10.0. The molecule has 4 rings (SSSR count). The summed E-state index contributed by atoms with van der Waals surface area (Å²) >= 11 is 1.19. The predicted molar refractivity (Wildman–Crippen MR) is 115 cm³/mol. The van der Waals surface area contributed by atoms with E-state index in [1.165, 1.54) is 18.0 Å². The molecule has 2 heterocycles. The van der Waals surface area contributed by atoms with Gasteiger partial charge in [-0.25, -0.2) is 9.67 Å². The number of benzene rings is 2. The van der Waals surface area contributed by atoms with Gasteiger partial charge in [-0.1, -0.05) is 48.2 Å². The third kappa shape index (κ3) is 3.79. The van der Waals surface area contributed by atoms with Crippen molar-refractivity contribution in [2.45, 2.75) is 12.1 Å². The standard InChI is InChI=1S/C21H19N5O2S/c1-14-8-6-7-11-17(14)26-19-16(12-22-26)20(28)24-21(23-19)29-13-18(27)25(2)15-9-4-3-5-10-15/h3-12H,13H2,1-2H3,(H,23,24,28). The smallest absolute Gasteiger partial charge is 0.262 e. The maximum Gasteiger partial charge on any atom is 0.262 e. The molecule has 8 heteroatoms. The molecular formula is C21H19N5O2S. The molecule has 0 unspecified atom stereocenters. The lowest BCUT2D eigenvalue weighted by Crippen LogP contribution is -2.28. The minimum Gasteiger partial charge on any atom is -0.315 e. The maximum atomic E-state index is 12.5. The Kier molecular flexibility index (Phi) is 5.18. The minimum atomic E-state index is -0.277. The quantitative estimate of drug-likeness (QED) is 0.407. The first kappa shape index (κ1) is 18.9. The Morgan fingerprint density at radius 2 is 1.86 bits per heavy atom. The number of carbonyl (C=O) groups excluding carboxylic acids is 1. The van der Waals surface area contributed by atoms with Crippen LogP contribution in [0.2, 0.25) is 0 Å². The molecule has 146 valence electrons. The average molecular weight is 405 g/mol. The summed E-state index contributed by atoms with van der Waals surface area (Å²) in [6, 6.07) is 17.2. The lowest BCUT2D eigenvalue weighted by atomic mass is 10.2. The van der Waals surface area contributed by atoms with Gasteiger partial charge in [-0.3, -0.25) is 9.59 Å². The van der Waals surface area contributed by atoms with E-state index in [-0.39, 0.29) is 17.2 Å². The summed E-state index contributed by atoms with van der Waals surface area (Å²) in [4.78, 5) is 33.9. The van der Waals surface area contributed by atoms with Crippen molar-refractivity contribution in [2.75, 3.05) is 17.7 Å². The molecule has 0 atom stereocenters. The molecule has 0 saturated carbocycles. The van der Waals surface area contributed by atoms with Crippen LogP contribution in [0.15, 0.2) is 70.7 Å². The van der Waals surface area contributed by atoms with E-state index in [0.717, 1.165) is 16.9 Å². The van der Waals surface area contributed by atoms with Crippen molar-refractivity contribution in [1.82, 2.24) is 19.7 Å². The maximum absolute atomic E-state index is 12.5. The highest BCUT2D eigenvalue weighted by molar-refractivity contribution is 7.99. The van der Waals surface area contributed by atoms with E-state index in [4.69, 9.17) is 0 Å². The third-order valence-corrected chi connectivity index (χ3v) is 5.47. The number of amides is 1. The molecule has 29 heavy (non-hydrogen) atoms. The Bertz CT molecular complexity index is 1230. The lowest BCUT2D eigenvalue weighted by molar-refractivity contribution is -0.115. The van der Waals surface area contributed by atoms with Gasteiger partial charge in [0.05, 0.1) is 17.6 Å². The summed E-state index contributed by atoms with van der Waals surface area (Å²) in [6.45, 7) is 1.98. The normalized spacial score (nSPS) is 11.0. The number of aromatic nitrogens is 4. The first-order chi connectivity index (χ1) is 14.0. The lowest BCUT2D eigenvalue weighted by Gasteiger charge is -2.16. The van der Waals surface area contributed by atoms with Crippen molar-refractivity contribution in [2.24, 2.45) is 0 Å². The number of aromatic amines is 1. The number of H-pyrrole nitrogens is 1. The molecule has 4 aromatic rings. The van der Waals surface area contributed by atoms with Crippen LogP contribution in [0, 0.1) is 6.92 Å². The molecule has 7 nitrogen and oxygen atoms in total. The molecule has 0 aliphatic heterocycles. The number of hydrogen-bond donors (Lipinski definition) is 1. The van der Waals surface area contributed by atoms with Crippen LogP contribution in [-0.4, -0.2) is 38.5 Å². The van der Waals surface area contributed by atoms with Gasteiger partial charge in [0.2, 0.25) is 5.91 Å². The summed E-state index contributed by atoms with van der Waals surface area (Å²) in [5.41, 5.74) is 2.88. The number of nitrogens with one attached hydrogen (secondary N) is 1. The molecule has 0 radical (unpaired) electrons. The van der Waals surface area contributed by atoms with Crippen LogP contribution < -0.4 is 10.5 Å². The molecule has 2 aromatic heterocycles. The molecule has 0 fully saturated rings. The second-order valence-electron chi connectivity index (χ2n) is 6.53. The fraction of sp³-hybridized carbons (Fsp3) is 0.143. The Balaban J connectivity index is 1.60. The van der Waals surface area contributed by atoms with Gasteiger partial charge in [0, 0.05) is 12.7 Å². The Morgan fingerprint density at radius 3 is 2.62 bits per heavy atom. The summed E-state index contributed by atoms with van der Waals surface area (Å²) in [6.07, 6.45) is 1.51. The van der Waals surface area contributed by atoms with Crippen LogP contribution in [-0.2, 0) is 4.79 Å². The third-order valence-electron chi connectivity index (χ3n) is 4.61. The van der Waals surface area contributed by atoms with E-state index < -0.39 is 0 Å². The predicted octanol–water partition coefficient (Wildman–Crippen LogP) is 3.17. The minimum absolute atomic E-state index is 0.0867. The highest BCUT2D eigenvalue weighted by Crippen LogP contribution is 2.20. The van der Waals surface area contributed by atoms with Gasteiger partial charge >= 0.3 is 0 Å². The number of carbonyl (C=O) groups is 1. The molecule has 0 saturated heterocycles. The summed E-state index contributed by atoms with van der Waals surface area (Å²) in [7, 11) is 1.73. The topological polar surface area (TPSA) is 83.9 Å². The Morgan fingerprint density at radius 1 is 1.14 bits per heavy atom. The van der Waals surface area contributed by atoms with Gasteiger partial charge in [0.1, 0.15) is 5.39 Å². The highest BCUT2D eigenvalue weighted by Gasteiger charge is 2.15. The van der Waals surface area contributed by atoms with E-state index >= 15 is 0 Å². The first-order valence-electron chi connectivity index (χ1n) is 9.03. The fourth-order valence-corrected chi connectivity index (χ4v) is 3.74. The second-order valence-corrected chi connectivity index (χ2v) is 7.49. The number of thioether (sulfide) groups is 1. The molecular weight excluding hydrogens is 386 g/mol. The van der Waals surface area contributed by atoms with Gasteiger partial charge in [-0.05, 0) is 30.7 Å². The molecule has 2 aromatic carbocycles. The highest BCUT2D eigenvalue weighted by atomic mass is 32.2. The fourth-order valence-electron chi connectivity index (χ4n) is 2.97. The van der Waals surface area contributed by atoms with Crippen LogP contribution in [0.5, 0.6) is 0 Å². The van der Waals surface area contributed by atoms with Crippen molar-refractivity contribution in [1.29, 1.82) is 0 Å². The molecule has 1 N–H and O–H groups in total. The molecule has 0 bridgehead atoms. The van der Waals surface area contributed by atoms with Crippen LogP contribution in [0.1, 0.15) is 5.56 Å². The van der Waals surface area contributed by atoms with Crippen molar-refractivity contribution in [3.8, 4) is 5.69 Å². The van der Waals surface area contributed by atoms with Gasteiger partial charge in [-0.15, -0.1) is 0 Å². The zero-order valence-corrected chi connectivity index (χ0v) is 16.8. The SMILES string of the molecule is Cc1ccccc1-n1ncc2c(=O)[nH]c(SCC(=O)N(C)c3ccccc3)nc21. The number of hydrogen-bond acceptors (Lipinski definition) is 5. The van der Waals surface area contributed by atoms with E-state index in [2.05, 4.69) is 15.1 Å². The number of anilines is 1. The number of para-hydroxylation sites is 2. The van der Waals surface area contributed by atoms with Crippen molar-refractivity contribution in [3.63, 3.8) is 0 Å². The van der Waals surface area contributed by atoms with E-state index in [9.17, 15) is 9.59 Å². The van der Waals surface area contributed by atoms with Crippen LogP contribution in [0.3, 0.4) is 0 Å². The van der Waals surface area contributed by atoms with Gasteiger partial charge in [0.15, 0.2) is 10.8 Å². The van der Waals surface area contributed by atoms with Gasteiger partial charge in [0.25, 0.3) is 5.56 Å². The van der Waals surface area contributed by atoms with Crippen LogP contribution in [0.25, 0.3) is 16.7 Å². The molecule has 0 aliphatic rings. The number of rotatable bonds is 5. The van der Waals surface area contributed by atoms with Crippen molar-refractivity contribution < 1.29 is 4.79 Å². The summed E-state index contributed by atoms with van der Waals surface area (Å²) in [5.74, 6) is 0.0644. The largest absolute Gasteiger partial charge is 0.315 e. The number of nitrogens with zero attached hydrogens (tertiary/aromatic N) is 4. The zero-order valence-electron chi connectivity index (χ0n) is 16.0. The van der Waals surface area contributed by atoms with Crippen molar-refractivity contribution >= 4 is 34.4 Å². The second kappa shape index (κ2) is 7.92. The summed E-state index contributed by atoms with van der Waals surface area (Å²) in [5, 5.41) is 5.13. The number of fused-ring (bicyclic) bond motifs is 1. The summed E-state index contributed by atoms with van der Waals surface area (Å²) < 4.78 is 1.65. The molecule has 0 aliphatic carbocycles. The van der Waals surface area contributed by atoms with Gasteiger partial charge in [-0.2, -0.15) is 5.10 Å². The zero-order chi connectivity index (χ0) is 20.4. The van der Waals surface area contributed by atoms with E-state index in [0.29, 0.717) is 16.2 Å². The molecule has 1 amide bonds. The average Bonchev–Trinajstić information content (AvgIpc) is 3.17. The van der Waals surface area contributed by atoms with Crippen molar-refractivity contribution in [3.05, 3.63) is 76.7 Å². The van der Waals surface area contributed by atoms with Gasteiger partial charge < -0.3 is 9.88 Å². The Hall–Kier alpha value is -3.39. The number of aryl methyl sites for hydroxylation is 1. The van der Waals surface area contributed by atoms with E-state index in [1.54, 1.807) is 16.6 Å². The molecule has 0 spiro atoms. The monoisotopic (exact) mass is 405 g/mol. The van der Waals surface area contributed by atoms with E-state index in [1.807, 2.05) is 61.5 Å². The Labute approximate surface area is 171 Å².